The molecule has 0 aliphatic carbocycles. The third kappa shape index (κ3) is 3.60. The van der Waals surface area contributed by atoms with E-state index < -0.39 is 0 Å². The van der Waals surface area contributed by atoms with E-state index in [1.165, 1.54) is 30.2 Å². The summed E-state index contributed by atoms with van der Waals surface area (Å²) in [5.74, 6) is 0.771. The number of nitrogens with zero attached hydrogens (tertiary/aromatic N) is 1. The molecule has 0 spiro atoms. The van der Waals surface area contributed by atoms with Crippen LogP contribution in [0.5, 0.6) is 0 Å². The van der Waals surface area contributed by atoms with Gasteiger partial charge in [-0.15, -0.1) is 0 Å². The van der Waals surface area contributed by atoms with Crippen molar-refractivity contribution in [2.45, 2.75) is 32.2 Å². The molecule has 1 unspecified atom stereocenters. The highest BCUT2D eigenvalue weighted by Gasteiger charge is 2.20. The van der Waals surface area contributed by atoms with E-state index in [9.17, 15) is 0 Å². The lowest BCUT2D eigenvalue weighted by Crippen LogP contribution is -2.26. The van der Waals surface area contributed by atoms with Crippen LogP contribution in [0.2, 0.25) is 0 Å². The number of hydrogen-bond acceptors (Lipinski definition) is 3. The average molecular weight is 284 g/mol. The molecule has 2 heterocycles. The first-order valence-electron chi connectivity index (χ1n) is 8.02. The molecule has 1 fully saturated rings. The number of rotatable bonds is 5. The second-order valence-electron chi connectivity index (χ2n) is 5.86. The fourth-order valence-electron chi connectivity index (χ4n) is 3.21. The Hall–Kier alpha value is -1.45. The first-order chi connectivity index (χ1) is 10.4. The van der Waals surface area contributed by atoms with E-state index in [0.717, 1.165) is 31.2 Å². The molecule has 0 bridgehead atoms. The monoisotopic (exact) mass is 284 g/mol. The zero-order chi connectivity index (χ0) is 14.5. The average Bonchev–Trinajstić information content (AvgIpc) is 2.55. The maximum Gasteiger partial charge on any atom is 0.0702 e. The van der Waals surface area contributed by atoms with Crippen LogP contribution in [0.15, 0.2) is 36.5 Å². The molecule has 1 aromatic carbocycles. The fraction of sp³-hybridized carbons (Fsp3) is 0.500. The van der Waals surface area contributed by atoms with Crippen LogP contribution in [0.1, 0.15) is 37.8 Å². The van der Waals surface area contributed by atoms with Gasteiger partial charge in [-0.1, -0.05) is 19.1 Å². The van der Waals surface area contributed by atoms with Gasteiger partial charge in [-0.3, -0.25) is 4.98 Å². The van der Waals surface area contributed by atoms with E-state index in [2.05, 4.69) is 41.5 Å². The Morgan fingerprint density at radius 3 is 2.95 bits per heavy atom. The smallest absolute Gasteiger partial charge is 0.0702 e. The van der Waals surface area contributed by atoms with Gasteiger partial charge < -0.3 is 10.1 Å². The SMILES string of the molecule is CCNC(CC1CCOCC1)c1ccc2ncccc2c1. The minimum Gasteiger partial charge on any atom is -0.381 e. The Bertz CT molecular complexity index is 578. The highest BCUT2D eigenvalue weighted by atomic mass is 16.5. The summed E-state index contributed by atoms with van der Waals surface area (Å²) in [5, 5.41) is 4.88. The molecule has 2 aromatic rings. The van der Waals surface area contributed by atoms with Crippen LogP contribution in [-0.2, 0) is 4.74 Å². The van der Waals surface area contributed by atoms with Gasteiger partial charge in [-0.05, 0) is 55.5 Å². The van der Waals surface area contributed by atoms with E-state index >= 15 is 0 Å². The topological polar surface area (TPSA) is 34.1 Å². The minimum absolute atomic E-state index is 0.433. The molecule has 3 nitrogen and oxygen atoms in total. The number of aromatic nitrogens is 1. The molecule has 1 aliphatic heterocycles. The maximum atomic E-state index is 5.48. The van der Waals surface area contributed by atoms with Gasteiger partial charge in [0.25, 0.3) is 0 Å². The van der Waals surface area contributed by atoms with Crippen molar-refractivity contribution in [1.29, 1.82) is 0 Å². The van der Waals surface area contributed by atoms with Crippen molar-refractivity contribution < 1.29 is 4.74 Å². The van der Waals surface area contributed by atoms with E-state index in [1.807, 2.05) is 12.3 Å². The molecule has 0 radical (unpaired) electrons. The van der Waals surface area contributed by atoms with Crippen LogP contribution in [0.25, 0.3) is 10.9 Å². The minimum atomic E-state index is 0.433. The Labute approximate surface area is 126 Å². The summed E-state index contributed by atoms with van der Waals surface area (Å²) in [5.41, 5.74) is 2.45. The molecule has 1 atom stereocenters. The van der Waals surface area contributed by atoms with Crippen molar-refractivity contribution in [2.24, 2.45) is 5.92 Å². The summed E-state index contributed by atoms with van der Waals surface area (Å²) in [6, 6.07) is 11.2. The van der Waals surface area contributed by atoms with Crippen LogP contribution < -0.4 is 5.32 Å². The quantitative estimate of drug-likeness (QED) is 0.909. The van der Waals surface area contributed by atoms with E-state index in [1.54, 1.807) is 0 Å². The third-order valence-electron chi connectivity index (χ3n) is 4.39. The van der Waals surface area contributed by atoms with Gasteiger partial charge in [0.2, 0.25) is 0 Å². The summed E-state index contributed by atoms with van der Waals surface area (Å²) in [6.45, 7) is 5.02. The van der Waals surface area contributed by atoms with E-state index in [-0.39, 0.29) is 0 Å². The second kappa shape index (κ2) is 7.01. The van der Waals surface area contributed by atoms with Crippen molar-refractivity contribution in [3.05, 3.63) is 42.1 Å². The van der Waals surface area contributed by atoms with Gasteiger partial charge in [0, 0.05) is 30.8 Å². The number of benzene rings is 1. The van der Waals surface area contributed by atoms with Gasteiger partial charge >= 0.3 is 0 Å². The Morgan fingerprint density at radius 1 is 1.29 bits per heavy atom. The molecule has 112 valence electrons. The Morgan fingerprint density at radius 2 is 2.14 bits per heavy atom. The van der Waals surface area contributed by atoms with Crippen LogP contribution in [0, 0.1) is 5.92 Å². The molecule has 1 aliphatic rings. The molecule has 0 saturated carbocycles. The van der Waals surface area contributed by atoms with Crippen molar-refractivity contribution in [3.8, 4) is 0 Å². The first-order valence-corrected chi connectivity index (χ1v) is 8.02. The normalized spacial score (nSPS) is 18.0. The largest absolute Gasteiger partial charge is 0.381 e. The zero-order valence-corrected chi connectivity index (χ0v) is 12.7. The summed E-state index contributed by atoms with van der Waals surface area (Å²) in [4.78, 5) is 4.41. The molecule has 0 amide bonds. The lowest BCUT2D eigenvalue weighted by molar-refractivity contribution is 0.0606. The fourth-order valence-corrected chi connectivity index (χ4v) is 3.21. The molecule has 1 N–H and O–H groups in total. The maximum absolute atomic E-state index is 5.48. The predicted molar refractivity (Wildman–Crippen MR) is 86.3 cm³/mol. The first kappa shape index (κ1) is 14.5. The highest BCUT2D eigenvalue weighted by Crippen LogP contribution is 2.29. The standard InChI is InChI=1S/C18H24N2O/c1-2-19-18(12-14-7-10-21-11-8-14)16-5-6-17-15(13-16)4-3-9-20-17/h3-6,9,13-14,18-19H,2,7-8,10-12H2,1H3. The van der Waals surface area contributed by atoms with Crippen LogP contribution in [0.3, 0.4) is 0 Å². The zero-order valence-electron chi connectivity index (χ0n) is 12.7. The Balaban J connectivity index is 1.80. The van der Waals surface area contributed by atoms with Gasteiger partial charge in [0.1, 0.15) is 0 Å². The highest BCUT2D eigenvalue weighted by molar-refractivity contribution is 5.79. The second-order valence-corrected chi connectivity index (χ2v) is 5.86. The number of pyridine rings is 1. The van der Waals surface area contributed by atoms with Crippen molar-refractivity contribution in [1.82, 2.24) is 10.3 Å². The number of nitrogens with one attached hydrogen (secondary N) is 1. The van der Waals surface area contributed by atoms with Crippen LogP contribution in [-0.4, -0.2) is 24.7 Å². The van der Waals surface area contributed by atoms with Gasteiger partial charge in [0.15, 0.2) is 0 Å². The molecule has 1 saturated heterocycles. The number of hydrogen-bond donors (Lipinski definition) is 1. The predicted octanol–water partition coefficient (Wildman–Crippen LogP) is 3.70. The molecule has 3 rings (SSSR count). The Kier molecular flexibility index (Phi) is 4.84. The van der Waals surface area contributed by atoms with E-state index in [0.29, 0.717) is 6.04 Å². The van der Waals surface area contributed by atoms with Crippen LogP contribution in [0.4, 0.5) is 0 Å². The molecular weight excluding hydrogens is 260 g/mol. The number of ether oxygens (including phenoxy) is 1. The summed E-state index contributed by atoms with van der Waals surface area (Å²) in [7, 11) is 0. The summed E-state index contributed by atoms with van der Waals surface area (Å²) >= 11 is 0. The van der Waals surface area contributed by atoms with Crippen molar-refractivity contribution in [3.63, 3.8) is 0 Å². The van der Waals surface area contributed by atoms with Gasteiger partial charge in [-0.25, -0.2) is 0 Å². The van der Waals surface area contributed by atoms with Crippen molar-refractivity contribution >= 4 is 10.9 Å². The molecule has 21 heavy (non-hydrogen) atoms. The van der Waals surface area contributed by atoms with Crippen molar-refractivity contribution in [2.75, 3.05) is 19.8 Å². The lowest BCUT2D eigenvalue weighted by Gasteiger charge is -2.27. The number of fused-ring (bicyclic) bond motifs is 1. The third-order valence-corrected chi connectivity index (χ3v) is 4.39. The molecule has 1 aromatic heterocycles. The summed E-state index contributed by atoms with van der Waals surface area (Å²) < 4.78 is 5.48. The lowest BCUT2D eigenvalue weighted by atomic mass is 9.89. The van der Waals surface area contributed by atoms with Gasteiger partial charge in [0.05, 0.1) is 5.52 Å². The van der Waals surface area contributed by atoms with Gasteiger partial charge in [-0.2, -0.15) is 0 Å². The van der Waals surface area contributed by atoms with E-state index in [4.69, 9.17) is 4.74 Å². The summed E-state index contributed by atoms with van der Waals surface area (Å²) in [6.07, 6.45) is 5.43. The van der Waals surface area contributed by atoms with Crippen LogP contribution >= 0.6 is 0 Å². The molecule has 3 heteroatoms. The molecular formula is C18H24N2O.